The third-order valence-corrected chi connectivity index (χ3v) is 7.26. The molecule has 3 aromatic rings. The first-order valence-electron chi connectivity index (χ1n) is 12.9. The van der Waals surface area contributed by atoms with Gasteiger partial charge in [-0.3, -0.25) is 9.59 Å². The van der Waals surface area contributed by atoms with Crippen LogP contribution in [0, 0.1) is 5.82 Å². The summed E-state index contributed by atoms with van der Waals surface area (Å²) in [5.41, 5.74) is 2.96. The number of esters is 1. The largest absolute Gasteiger partial charge is 0.493 e. The molecule has 0 radical (unpaired) electrons. The second-order valence-electron chi connectivity index (χ2n) is 9.54. The lowest BCUT2D eigenvalue weighted by Gasteiger charge is -2.30. The number of ether oxygens (including phenoxy) is 2. The van der Waals surface area contributed by atoms with Gasteiger partial charge in [-0.1, -0.05) is 0 Å². The van der Waals surface area contributed by atoms with Gasteiger partial charge < -0.3 is 19.3 Å². The van der Waals surface area contributed by atoms with Gasteiger partial charge in [0.05, 0.1) is 24.6 Å². The third-order valence-electron chi connectivity index (χ3n) is 7.26. The zero-order chi connectivity index (χ0) is 26.4. The number of fused-ring (bicyclic) bond motifs is 2. The van der Waals surface area contributed by atoms with E-state index in [0.717, 1.165) is 30.6 Å². The second-order valence-corrected chi connectivity index (χ2v) is 9.54. The van der Waals surface area contributed by atoms with Crippen LogP contribution in [0.5, 0.6) is 5.75 Å². The van der Waals surface area contributed by atoms with Gasteiger partial charge >= 0.3 is 5.97 Å². The first-order chi connectivity index (χ1) is 18.5. The summed E-state index contributed by atoms with van der Waals surface area (Å²) in [6, 6.07) is 10.0. The quantitative estimate of drug-likeness (QED) is 0.477. The summed E-state index contributed by atoms with van der Waals surface area (Å²) in [6.45, 7) is 3.17. The number of hydrogen-bond acceptors (Lipinski definition) is 6. The molecule has 3 aliphatic heterocycles. The van der Waals surface area contributed by atoms with Crippen molar-refractivity contribution in [3.8, 4) is 11.4 Å². The molecule has 1 aromatic heterocycles. The van der Waals surface area contributed by atoms with Crippen LogP contribution in [0.4, 0.5) is 15.8 Å². The van der Waals surface area contributed by atoms with Crippen molar-refractivity contribution in [2.45, 2.75) is 39.0 Å². The number of aromatic nitrogens is 2. The maximum absolute atomic E-state index is 15.4. The van der Waals surface area contributed by atoms with Crippen LogP contribution < -0.4 is 14.5 Å². The predicted molar refractivity (Wildman–Crippen MR) is 137 cm³/mol. The molecular formula is C28H27FN4O5. The molecule has 10 heteroatoms. The van der Waals surface area contributed by atoms with Crippen molar-refractivity contribution in [3.63, 3.8) is 0 Å². The number of rotatable bonds is 5. The standard InChI is InChI=1S/C28H27FN4O5/c1-2-37-28(36)25-20-10-13-32(22-8-6-18(16-21(22)29)31-12-4-3-5-24(31)34)27(35)26(20)33(30-25)19-7-9-23-17(15-19)11-14-38-23/h6-9,15-16H,2-5,10-14H2,1H3. The van der Waals surface area contributed by atoms with Crippen LogP contribution >= 0.6 is 0 Å². The Hall–Kier alpha value is -4.21. The summed E-state index contributed by atoms with van der Waals surface area (Å²) < 4.78 is 27.7. The minimum atomic E-state index is -0.602. The number of nitrogens with zero attached hydrogens (tertiary/aromatic N) is 4. The Morgan fingerprint density at radius 1 is 1.03 bits per heavy atom. The van der Waals surface area contributed by atoms with Gasteiger partial charge in [0.1, 0.15) is 17.3 Å². The first kappa shape index (κ1) is 24.1. The van der Waals surface area contributed by atoms with E-state index in [4.69, 9.17) is 9.47 Å². The molecule has 1 saturated heterocycles. The SMILES string of the molecule is CCOC(=O)c1nn(-c2ccc3c(c2)CCO3)c2c1CCN(c1ccc(N3CCCCC3=O)cc1F)C2=O. The number of amides is 2. The van der Waals surface area contributed by atoms with Crippen LogP contribution in [0.2, 0.25) is 0 Å². The van der Waals surface area contributed by atoms with E-state index >= 15 is 4.39 Å². The van der Waals surface area contributed by atoms with Crippen molar-refractivity contribution in [1.29, 1.82) is 0 Å². The van der Waals surface area contributed by atoms with Crippen molar-refractivity contribution >= 4 is 29.2 Å². The van der Waals surface area contributed by atoms with Gasteiger partial charge in [0, 0.05) is 37.2 Å². The Balaban J connectivity index is 1.39. The van der Waals surface area contributed by atoms with E-state index < -0.39 is 17.7 Å². The molecule has 0 N–H and O–H groups in total. The summed E-state index contributed by atoms with van der Waals surface area (Å²) in [7, 11) is 0. The molecule has 2 aromatic carbocycles. The Kier molecular flexibility index (Phi) is 6.09. The molecular weight excluding hydrogens is 491 g/mol. The lowest BCUT2D eigenvalue weighted by Crippen LogP contribution is -2.39. The Bertz CT molecular complexity index is 1470. The van der Waals surface area contributed by atoms with E-state index in [1.54, 1.807) is 24.0 Å². The van der Waals surface area contributed by atoms with Crippen molar-refractivity contribution in [3.05, 3.63) is 64.7 Å². The van der Waals surface area contributed by atoms with E-state index in [9.17, 15) is 14.4 Å². The Labute approximate surface area is 218 Å². The summed E-state index contributed by atoms with van der Waals surface area (Å²) in [6.07, 6.45) is 3.17. The number of carbonyl (C=O) groups excluding carboxylic acids is 3. The maximum Gasteiger partial charge on any atom is 0.359 e. The predicted octanol–water partition coefficient (Wildman–Crippen LogP) is 3.84. The molecule has 0 spiro atoms. The third kappa shape index (κ3) is 4.00. The Morgan fingerprint density at radius 2 is 1.87 bits per heavy atom. The fourth-order valence-electron chi connectivity index (χ4n) is 5.41. The smallest absolute Gasteiger partial charge is 0.359 e. The molecule has 4 heterocycles. The van der Waals surface area contributed by atoms with Gasteiger partial charge in [0.25, 0.3) is 5.91 Å². The number of anilines is 2. The van der Waals surface area contributed by atoms with E-state index in [1.807, 2.05) is 12.1 Å². The Morgan fingerprint density at radius 3 is 2.66 bits per heavy atom. The monoisotopic (exact) mass is 518 g/mol. The first-order valence-corrected chi connectivity index (χ1v) is 12.9. The molecule has 0 saturated carbocycles. The van der Waals surface area contributed by atoms with Crippen molar-refractivity contribution in [2.24, 2.45) is 0 Å². The van der Waals surface area contributed by atoms with Crippen LogP contribution in [0.3, 0.4) is 0 Å². The molecule has 0 bridgehead atoms. The molecule has 196 valence electrons. The number of hydrogen-bond donors (Lipinski definition) is 0. The van der Waals surface area contributed by atoms with Crippen molar-refractivity contribution in [2.75, 3.05) is 36.1 Å². The fourth-order valence-corrected chi connectivity index (χ4v) is 5.41. The van der Waals surface area contributed by atoms with E-state index in [2.05, 4.69) is 5.10 Å². The highest BCUT2D eigenvalue weighted by Gasteiger charge is 2.37. The van der Waals surface area contributed by atoms with E-state index in [-0.39, 0.29) is 36.1 Å². The minimum absolute atomic E-state index is 0.0303. The van der Waals surface area contributed by atoms with Crippen molar-refractivity contribution < 1.29 is 28.2 Å². The highest BCUT2D eigenvalue weighted by molar-refractivity contribution is 6.09. The molecule has 9 nitrogen and oxygen atoms in total. The molecule has 1 fully saturated rings. The fraction of sp³-hybridized carbons (Fsp3) is 0.357. The summed E-state index contributed by atoms with van der Waals surface area (Å²) in [5, 5.41) is 4.51. The van der Waals surface area contributed by atoms with Gasteiger partial charge in [-0.25, -0.2) is 13.9 Å². The molecule has 3 aliphatic rings. The van der Waals surface area contributed by atoms with Crippen LogP contribution in [-0.4, -0.2) is 53.9 Å². The highest BCUT2D eigenvalue weighted by Crippen LogP contribution is 2.34. The second kappa shape index (κ2) is 9.59. The number of carbonyl (C=O) groups is 3. The van der Waals surface area contributed by atoms with E-state index in [0.29, 0.717) is 42.9 Å². The molecule has 2 amide bonds. The average Bonchev–Trinajstić information content (AvgIpc) is 3.54. The van der Waals surface area contributed by atoms with Crippen molar-refractivity contribution in [1.82, 2.24) is 9.78 Å². The molecule has 0 unspecified atom stereocenters. The molecule has 0 aliphatic carbocycles. The number of piperidine rings is 1. The molecule has 6 rings (SSSR count). The molecule has 0 atom stereocenters. The maximum atomic E-state index is 15.4. The normalized spacial score (nSPS) is 16.8. The highest BCUT2D eigenvalue weighted by atomic mass is 19.1. The average molecular weight is 519 g/mol. The summed E-state index contributed by atoms with van der Waals surface area (Å²) in [5.74, 6) is -0.911. The van der Waals surface area contributed by atoms with Gasteiger partial charge in [-0.15, -0.1) is 0 Å². The minimum Gasteiger partial charge on any atom is -0.493 e. The van der Waals surface area contributed by atoms with E-state index in [1.165, 1.54) is 21.7 Å². The molecule has 38 heavy (non-hydrogen) atoms. The van der Waals surface area contributed by atoms with Crippen LogP contribution in [0.25, 0.3) is 5.69 Å². The van der Waals surface area contributed by atoms with Crippen LogP contribution in [0.1, 0.15) is 58.3 Å². The van der Waals surface area contributed by atoms with Gasteiger partial charge in [-0.2, -0.15) is 5.10 Å². The lowest BCUT2D eigenvalue weighted by atomic mass is 10.0. The zero-order valence-electron chi connectivity index (χ0n) is 21.0. The zero-order valence-corrected chi connectivity index (χ0v) is 21.0. The topological polar surface area (TPSA) is 94.0 Å². The summed E-state index contributed by atoms with van der Waals surface area (Å²) in [4.78, 5) is 41.9. The number of benzene rings is 2. The van der Waals surface area contributed by atoms with Crippen LogP contribution in [-0.2, 0) is 22.4 Å². The van der Waals surface area contributed by atoms with Gasteiger partial charge in [-0.05, 0) is 68.1 Å². The summed E-state index contributed by atoms with van der Waals surface area (Å²) >= 11 is 0. The van der Waals surface area contributed by atoms with Gasteiger partial charge in [0.2, 0.25) is 5.91 Å². The lowest BCUT2D eigenvalue weighted by molar-refractivity contribution is -0.119. The van der Waals surface area contributed by atoms with Gasteiger partial charge in [0.15, 0.2) is 5.69 Å². The van der Waals surface area contributed by atoms with Crippen LogP contribution in [0.15, 0.2) is 36.4 Å². The number of halogens is 1.